The minimum absolute atomic E-state index is 0.170. The average molecular weight is 208 g/mol. The molecule has 0 aromatic carbocycles. The second-order valence-electron chi connectivity index (χ2n) is 3.91. The first-order valence-corrected chi connectivity index (χ1v) is 5.45. The summed E-state index contributed by atoms with van der Waals surface area (Å²) in [5.74, 6) is 0.489. The number of hydrogen-bond acceptors (Lipinski definition) is 2. The van der Waals surface area contributed by atoms with Gasteiger partial charge in [0.1, 0.15) is 0 Å². The second kappa shape index (κ2) is 4.87. The van der Waals surface area contributed by atoms with E-state index in [1.807, 2.05) is 0 Å². The van der Waals surface area contributed by atoms with Crippen molar-refractivity contribution in [1.82, 2.24) is 5.32 Å². The van der Waals surface area contributed by atoms with Crippen molar-refractivity contribution in [3.05, 3.63) is 18.4 Å². The lowest BCUT2D eigenvalue weighted by atomic mass is 9.96. The molecular weight excluding hydrogens is 192 g/mol. The highest BCUT2D eigenvalue weighted by Gasteiger charge is 2.15. The van der Waals surface area contributed by atoms with Crippen molar-refractivity contribution < 1.29 is 9.21 Å². The van der Waals surface area contributed by atoms with Gasteiger partial charge in [-0.1, -0.05) is 19.3 Å². The number of hydrogen-bond donors (Lipinski definition) is 2. The Morgan fingerprint density at radius 1 is 1.33 bits per heavy atom. The lowest BCUT2D eigenvalue weighted by Crippen LogP contribution is -2.38. The van der Waals surface area contributed by atoms with E-state index < -0.39 is 0 Å². The molecule has 1 aromatic rings. The zero-order valence-corrected chi connectivity index (χ0v) is 8.66. The first kappa shape index (κ1) is 10.1. The molecule has 1 aromatic heterocycles. The summed E-state index contributed by atoms with van der Waals surface area (Å²) >= 11 is 0. The molecule has 4 nitrogen and oxygen atoms in total. The number of urea groups is 1. The van der Waals surface area contributed by atoms with Gasteiger partial charge in [-0.2, -0.15) is 0 Å². The van der Waals surface area contributed by atoms with Crippen molar-refractivity contribution in [1.29, 1.82) is 0 Å². The third kappa shape index (κ3) is 3.01. The quantitative estimate of drug-likeness (QED) is 0.785. The minimum Gasteiger partial charge on any atom is -0.449 e. The van der Waals surface area contributed by atoms with E-state index in [1.165, 1.54) is 25.5 Å². The third-order valence-corrected chi connectivity index (χ3v) is 2.70. The Morgan fingerprint density at radius 3 is 2.80 bits per heavy atom. The van der Waals surface area contributed by atoms with E-state index in [-0.39, 0.29) is 6.03 Å². The van der Waals surface area contributed by atoms with E-state index in [9.17, 15) is 4.79 Å². The molecule has 15 heavy (non-hydrogen) atoms. The van der Waals surface area contributed by atoms with E-state index >= 15 is 0 Å². The maximum absolute atomic E-state index is 11.5. The fourth-order valence-electron chi connectivity index (χ4n) is 1.93. The first-order chi connectivity index (χ1) is 7.34. The van der Waals surface area contributed by atoms with Crippen LogP contribution in [0.1, 0.15) is 32.1 Å². The number of carbonyl (C=O) groups excluding carboxylic acids is 1. The zero-order chi connectivity index (χ0) is 10.5. The van der Waals surface area contributed by atoms with E-state index in [2.05, 4.69) is 10.6 Å². The van der Waals surface area contributed by atoms with Gasteiger partial charge in [-0.05, 0) is 18.9 Å². The minimum atomic E-state index is -0.170. The summed E-state index contributed by atoms with van der Waals surface area (Å²) in [6.07, 6.45) is 7.43. The van der Waals surface area contributed by atoms with Crippen LogP contribution < -0.4 is 10.6 Å². The number of rotatable bonds is 2. The molecule has 0 spiro atoms. The van der Waals surface area contributed by atoms with Crippen molar-refractivity contribution in [2.75, 3.05) is 5.32 Å². The smallest absolute Gasteiger partial charge is 0.321 e. The molecule has 0 saturated heterocycles. The number of amides is 2. The standard InChI is InChI=1S/C11H16N2O2/c14-11(13-10-7-4-8-15-10)12-9-5-2-1-3-6-9/h4,7-9H,1-3,5-6H2,(H2,12,13,14). The molecule has 1 heterocycles. The van der Waals surface area contributed by atoms with Crippen molar-refractivity contribution in [3.8, 4) is 0 Å². The van der Waals surface area contributed by atoms with Gasteiger partial charge in [-0.25, -0.2) is 4.79 Å². The largest absolute Gasteiger partial charge is 0.449 e. The summed E-state index contributed by atoms with van der Waals surface area (Å²) in [6, 6.07) is 3.63. The van der Waals surface area contributed by atoms with E-state index in [0.717, 1.165) is 12.8 Å². The Labute approximate surface area is 89.0 Å². The molecule has 2 N–H and O–H groups in total. The second-order valence-corrected chi connectivity index (χ2v) is 3.91. The Hall–Kier alpha value is -1.45. The average Bonchev–Trinajstić information content (AvgIpc) is 2.71. The van der Waals surface area contributed by atoms with Crippen LogP contribution in [0.25, 0.3) is 0 Å². The number of anilines is 1. The molecule has 0 radical (unpaired) electrons. The van der Waals surface area contributed by atoms with Crippen LogP contribution in [-0.4, -0.2) is 12.1 Å². The fourth-order valence-corrected chi connectivity index (χ4v) is 1.93. The van der Waals surface area contributed by atoms with Crippen molar-refractivity contribution in [2.45, 2.75) is 38.1 Å². The first-order valence-electron chi connectivity index (χ1n) is 5.45. The van der Waals surface area contributed by atoms with Crippen LogP contribution >= 0.6 is 0 Å². The molecule has 2 rings (SSSR count). The molecule has 1 aliphatic carbocycles. The number of furan rings is 1. The Bertz CT molecular complexity index is 302. The molecule has 1 saturated carbocycles. The summed E-state index contributed by atoms with van der Waals surface area (Å²) in [4.78, 5) is 11.5. The van der Waals surface area contributed by atoms with E-state index in [4.69, 9.17) is 4.42 Å². The monoisotopic (exact) mass is 208 g/mol. The van der Waals surface area contributed by atoms with Crippen LogP contribution in [0.3, 0.4) is 0 Å². The molecule has 82 valence electrons. The third-order valence-electron chi connectivity index (χ3n) is 2.70. The van der Waals surface area contributed by atoms with Gasteiger partial charge >= 0.3 is 6.03 Å². The molecular formula is C11H16N2O2. The lowest BCUT2D eigenvalue weighted by Gasteiger charge is -2.22. The van der Waals surface area contributed by atoms with Crippen molar-refractivity contribution >= 4 is 11.9 Å². The van der Waals surface area contributed by atoms with Gasteiger partial charge in [0.25, 0.3) is 0 Å². The van der Waals surface area contributed by atoms with Crippen LogP contribution in [-0.2, 0) is 0 Å². The normalized spacial score (nSPS) is 17.3. The maximum atomic E-state index is 11.5. The fraction of sp³-hybridized carbons (Fsp3) is 0.545. The summed E-state index contributed by atoms with van der Waals surface area (Å²) in [7, 11) is 0. The van der Waals surface area contributed by atoms with E-state index in [0.29, 0.717) is 11.9 Å². The highest BCUT2D eigenvalue weighted by molar-refractivity contribution is 5.87. The Morgan fingerprint density at radius 2 is 2.13 bits per heavy atom. The Balaban J connectivity index is 1.76. The summed E-state index contributed by atoms with van der Waals surface area (Å²) < 4.78 is 5.02. The summed E-state index contributed by atoms with van der Waals surface area (Å²) in [5, 5.41) is 5.60. The number of carbonyl (C=O) groups is 1. The van der Waals surface area contributed by atoms with Gasteiger partial charge in [0.15, 0.2) is 0 Å². The zero-order valence-electron chi connectivity index (χ0n) is 8.66. The van der Waals surface area contributed by atoms with Gasteiger partial charge < -0.3 is 9.73 Å². The predicted molar refractivity (Wildman–Crippen MR) is 57.7 cm³/mol. The van der Waals surface area contributed by atoms with Crippen molar-refractivity contribution in [3.63, 3.8) is 0 Å². The molecule has 0 bridgehead atoms. The van der Waals surface area contributed by atoms with Gasteiger partial charge in [0.2, 0.25) is 5.88 Å². The summed E-state index contributed by atoms with van der Waals surface area (Å²) in [5.41, 5.74) is 0. The topological polar surface area (TPSA) is 54.3 Å². The molecule has 2 amide bonds. The van der Waals surface area contributed by atoms with Gasteiger partial charge in [0, 0.05) is 12.1 Å². The lowest BCUT2D eigenvalue weighted by molar-refractivity contribution is 0.243. The molecule has 4 heteroatoms. The molecule has 1 aliphatic rings. The highest BCUT2D eigenvalue weighted by atomic mass is 16.3. The molecule has 1 fully saturated rings. The van der Waals surface area contributed by atoms with Crippen molar-refractivity contribution in [2.24, 2.45) is 0 Å². The maximum Gasteiger partial charge on any atom is 0.321 e. The SMILES string of the molecule is O=C(Nc1ccco1)NC1CCCCC1. The highest BCUT2D eigenvalue weighted by Crippen LogP contribution is 2.17. The predicted octanol–water partition coefficient (Wildman–Crippen LogP) is 2.73. The van der Waals surface area contributed by atoms with Gasteiger partial charge in [0.05, 0.1) is 6.26 Å². The van der Waals surface area contributed by atoms with Crippen LogP contribution in [0.5, 0.6) is 0 Å². The van der Waals surface area contributed by atoms with Crippen LogP contribution in [0.2, 0.25) is 0 Å². The number of nitrogens with one attached hydrogen (secondary N) is 2. The van der Waals surface area contributed by atoms with E-state index in [1.54, 1.807) is 12.1 Å². The summed E-state index contributed by atoms with van der Waals surface area (Å²) in [6.45, 7) is 0. The Kier molecular flexibility index (Phi) is 3.27. The van der Waals surface area contributed by atoms with Crippen LogP contribution in [0, 0.1) is 0 Å². The molecule has 0 atom stereocenters. The van der Waals surface area contributed by atoms with Crippen LogP contribution in [0.15, 0.2) is 22.8 Å². The van der Waals surface area contributed by atoms with Gasteiger partial charge in [-0.15, -0.1) is 0 Å². The molecule has 0 unspecified atom stereocenters. The molecule has 0 aliphatic heterocycles. The van der Waals surface area contributed by atoms with Gasteiger partial charge in [-0.3, -0.25) is 5.32 Å². The van der Waals surface area contributed by atoms with Crippen LogP contribution in [0.4, 0.5) is 10.7 Å².